The fourth-order valence-corrected chi connectivity index (χ4v) is 1.72. The maximum Gasteiger partial charge on any atom is 0.170 e. The fraction of sp³-hybridized carbons (Fsp3) is 0.455. The van der Waals surface area contributed by atoms with Crippen LogP contribution in [-0.4, -0.2) is 31.9 Å². The molecule has 5 heteroatoms. The van der Waals surface area contributed by atoms with Gasteiger partial charge in [-0.15, -0.1) is 0 Å². The van der Waals surface area contributed by atoms with Crippen LogP contribution < -0.4 is 14.8 Å². The smallest absolute Gasteiger partial charge is 0.170 e. The average molecular weight is 227 g/mol. The molecule has 1 atom stereocenters. The molecule has 0 bridgehead atoms. The monoisotopic (exact) mass is 227 g/mol. The van der Waals surface area contributed by atoms with E-state index in [4.69, 9.17) is 9.47 Å². The molecule has 2 N–H and O–H groups in total. The number of hydrogen-bond acceptors (Lipinski definition) is 4. The summed E-state index contributed by atoms with van der Waals surface area (Å²) in [5.74, 6) is 0.318. The standard InChI is InChI=1S/C11H14FNO3/c1-13-6-8(14)10-7(12)2-3-9-11(10)16-5-4-15-9/h2-3,8,13-14H,4-6H2,1H3. The van der Waals surface area contributed by atoms with E-state index >= 15 is 0 Å². The minimum atomic E-state index is -0.943. The third kappa shape index (κ3) is 1.96. The number of benzene rings is 1. The van der Waals surface area contributed by atoms with Crippen LogP contribution in [0.25, 0.3) is 0 Å². The molecule has 0 amide bonds. The van der Waals surface area contributed by atoms with E-state index in [-0.39, 0.29) is 12.1 Å². The molecule has 0 fully saturated rings. The molecule has 2 rings (SSSR count). The van der Waals surface area contributed by atoms with Crippen molar-refractivity contribution in [2.75, 3.05) is 26.8 Å². The van der Waals surface area contributed by atoms with Crippen molar-refractivity contribution in [2.24, 2.45) is 0 Å². The van der Waals surface area contributed by atoms with Gasteiger partial charge in [0.05, 0.1) is 11.7 Å². The Morgan fingerprint density at radius 3 is 2.94 bits per heavy atom. The van der Waals surface area contributed by atoms with Gasteiger partial charge in [0.15, 0.2) is 11.5 Å². The lowest BCUT2D eigenvalue weighted by atomic mass is 10.1. The first-order valence-corrected chi connectivity index (χ1v) is 5.14. The van der Waals surface area contributed by atoms with Crippen LogP contribution in [0.2, 0.25) is 0 Å². The largest absolute Gasteiger partial charge is 0.486 e. The molecule has 88 valence electrons. The Balaban J connectivity index is 2.41. The molecule has 0 radical (unpaired) electrons. The molecule has 0 spiro atoms. The minimum Gasteiger partial charge on any atom is -0.486 e. The number of fused-ring (bicyclic) bond motifs is 1. The van der Waals surface area contributed by atoms with Gasteiger partial charge in [0.25, 0.3) is 0 Å². The van der Waals surface area contributed by atoms with Crippen LogP contribution in [0.1, 0.15) is 11.7 Å². The predicted octanol–water partition coefficient (Wildman–Crippen LogP) is 0.850. The Labute approximate surface area is 93.0 Å². The van der Waals surface area contributed by atoms with Crippen LogP contribution in [0, 0.1) is 5.82 Å². The topological polar surface area (TPSA) is 50.7 Å². The third-order valence-corrected chi connectivity index (χ3v) is 2.42. The highest BCUT2D eigenvalue weighted by Crippen LogP contribution is 2.38. The fourth-order valence-electron chi connectivity index (χ4n) is 1.72. The van der Waals surface area contributed by atoms with Crippen molar-refractivity contribution in [3.8, 4) is 11.5 Å². The minimum absolute atomic E-state index is 0.159. The predicted molar refractivity (Wildman–Crippen MR) is 56.3 cm³/mol. The first-order valence-electron chi connectivity index (χ1n) is 5.14. The second-order valence-electron chi connectivity index (χ2n) is 3.56. The number of aliphatic hydroxyl groups is 1. The highest BCUT2D eigenvalue weighted by molar-refractivity contribution is 5.49. The van der Waals surface area contributed by atoms with Crippen molar-refractivity contribution in [3.05, 3.63) is 23.5 Å². The zero-order chi connectivity index (χ0) is 11.5. The van der Waals surface area contributed by atoms with Gasteiger partial charge in [-0.05, 0) is 19.2 Å². The number of ether oxygens (including phenoxy) is 2. The maximum absolute atomic E-state index is 13.6. The van der Waals surface area contributed by atoms with E-state index in [1.165, 1.54) is 12.1 Å². The van der Waals surface area contributed by atoms with Crippen molar-refractivity contribution in [2.45, 2.75) is 6.10 Å². The van der Waals surface area contributed by atoms with Crippen molar-refractivity contribution in [1.82, 2.24) is 5.32 Å². The summed E-state index contributed by atoms with van der Waals surface area (Å²) in [5.41, 5.74) is 0.159. The summed E-state index contributed by atoms with van der Waals surface area (Å²) in [6, 6.07) is 2.79. The Morgan fingerprint density at radius 2 is 2.19 bits per heavy atom. The molecule has 1 aliphatic heterocycles. The quantitative estimate of drug-likeness (QED) is 0.803. The number of aliphatic hydroxyl groups excluding tert-OH is 1. The highest BCUT2D eigenvalue weighted by atomic mass is 19.1. The van der Waals surface area contributed by atoms with Crippen LogP contribution in [0.3, 0.4) is 0 Å². The average Bonchev–Trinajstić information content (AvgIpc) is 2.29. The van der Waals surface area contributed by atoms with E-state index in [1.54, 1.807) is 7.05 Å². The molecule has 0 aliphatic carbocycles. The van der Waals surface area contributed by atoms with E-state index < -0.39 is 11.9 Å². The van der Waals surface area contributed by atoms with Gasteiger partial charge >= 0.3 is 0 Å². The van der Waals surface area contributed by atoms with Gasteiger partial charge in [0.2, 0.25) is 0 Å². The molecule has 1 heterocycles. The number of rotatable bonds is 3. The Morgan fingerprint density at radius 1 is 1.44 bits per heavy atom. The molecule has 1 unspecified atom stereocenters. The van der Waals surface area contributed by atoms with Gasteiger partial charge in [0, 0.05) is 6.54 Å². The van der Waals surface area contributed by atoms with Crippen molar-refractivity contribution in [1.29, 1.82) is 0 Å². The molecule has 1 aromatic rings. The normalized spacial score (nSPS) is 15.9. The lowest BCUT2D eigenvalue weighted by Gasteiger charge is -2.23. The summed E-state index contributed by atoms with van der Waals surface area (Å²) in [5, 5.41) is 12.6. The first kappa shape index (κ1) is 11.2. The van der Waals surface area contributed by atoms with Crippen molar-refractivity contribution < 1.29 is 19.0 Å². The van der Waals surface area contributed by atoms with Crippen molar-refractivity contribution in [3.63, 3.8) is 0 Å². The number of hydrogen-bond donors (Lipinski definition) is 2. The maximum atomic E-state index is 13.6. The van der Waals surface area contributed by atoms with Crippen LogP contribution in [0.4, 0.5) is 4.39 Å². The zero-order valence-corrected chi connectivity index (χ0v) is 9.00. The lowest BCUT2D eigenvalue weighted by molar-refractivity contribution is 0.142. The summed E-state index contributed by atoms with van der Waals surface area (Å²) >= 11 is 0. The molecule has 4 nitrogen and oxygen atoms in total. The molecule has 0 aromatic heterocycles. The Bertz CT molecular complexity index is 384. The second-order valence-corrected chi connectivity index (χ2v) is 3.56. The van der Waals surface area contributed by atoms with Gasteiger partial charge in [0.1, 0.15) is 19.0 Å². The summed E-state index contributed by atoms with van der Waals surface area (Å²) in [6.45, 7) is 1.08. The van der Waals surface area contributed by atoms with Gasteiger partial charge in [-0.2, -0.15) is 0 Å². The van der Waals surface area contributed by atoms with Gasteiger partial charge in [-0.3, -0.25) is 0 Å². The van der Waals surface area contributed by atoms with E-state index in [1.807, 2.05) is 0 Å². The number of likely N-dealkylation sites (N-methyl/N-ethyl adjacent to an activating group) is 1. The molecule has 1 aliphatic rings. The second kappa shape index (κ2) is 4.67. The summed E-state index contributed by atoms with van der Waals surface area (Å²) < 4.78 is 24.3. The molecule has 0 saturated carbocycles. The summed E-state index contributed by atoms with van der Waals surface area (Å²) in [6.07, 6.45) is -0.943. The molecule has 1 aromatic carbocycles. The Hall–Kier alpha value is -1.33. The zero-order valence-electron chi connectivity index (χ0n) is 9.00. The summed E-state index contributed by atoms with van der Waals surface area (Å²) in [4.78, 5) is 0. The Kier molecular flexibility index (Phi) is 3.26. The van der Waals surface area contributed by atoms with Crippen LogP contribution >= 0.6 is 0 Å². The third-order valence-electron chi connectivity index (χ3n) is 2.42. The van der Waals surface area contributed by atoms with E-state index in [0.29, 0.717) is 24.7 Å². The lowest BCUT2D eigenvalue weighted by Crippen LogP contribution is -2.22. The van der Waals surface area contributed by atoms with Crippen LogP contribution in [0.5, 0.6) is 11.5 Å². The number of halogens is 1. The van der Waals surface area contributed by atoms with Crippen LogP contribution in [-0.2, 0) is 0 Å². The van der Waals surface area contributed by atoms with Gasteiger partial charge in [-0.1, -0.05) is 0 Å². The van der Waals surface area contributed by atoms with E-state index in [2.05, 4.69) is 5.32 Å². The SMILES string of the molecule is CNCC(O)c1c(F)ccc2c1OCCO2. The first-order chi connectivity index (χ1) is 7.74. The molecule has 0 saturated heterocycles. The van der Waals surface area contributed by atoms with Crippen LogP contribution in [0.15, 0.2) is 12.1 Å². The van der Waals surface area contributed by atoms with E-state index in [0.717, 1.165) is 0 Å². The molecular formula is C11H14FNO3. The number of nitrogens with one attached hydrogen (secondary N) is 1. The molecule has 16 heavy (non-hydrogen) atoms. The summed E-state index contributed by atoms with van der Waals surface area (Å²) in [7, 11) is 1.69. The van der Waals surface area contributed by atoms with Gasteiger partial charge in [-0.25, -0.2) is 4.39 Å². The highest BCUT2D eigenvalue weighted by Gasteiger charge is 2.24. The van der Waals surface area contributed by atoms with E-state index in [9.17, 15) is 9.50 Å². The van der Waals surface area contributed by atoms with Crippen molar-refractivity contribution >= 4 is 0 Å². The molecular weight excluding hydrogens is 213 g/mol. The van der Waals surface area contributed by atoms with Gasteiger partial charge < -0.3 is 19.9 Å².